The van der Waals surface area contributed by atoms with Gasteiger partial charge in [0.05, 0.1) is 0 Å². The van der Waals surface area contributed by atoms with Gasteiger partial charge in [0.2, 0.25) is 0 Å². The summed E-state index contributed by atoms with van der Waals surface area (Å²) in [6.45, 7) is 2.01. The Hall–Kier alpha value is -1.53. The average Bonchev–Trinajstić information content (AvgIpc) is 2.21. The minimum Gasteiger partial charge on any atom is -0.423 e. The fourth-order valence-electron chi connectivity index (χ4n) is 1.29. The number of benzene rings is 1. The van der Waals surface area contributed by atoms with Crippen LogP contribution in [0.3, 0.4) is 0 Å². The third-order valence-electron chi connectivity index (χ3n) is 2.18. The Morgan fingerprint density at radius 2 is 2.20 bits per heavy atom. The first kappa shape index (κ1) is 11.5. The van der Waals surface area contributed by atoms with E-state index in [0.717, 1.165) is 11.1 Å². The highest BCUT2D eigenvalue weighted by Crippen LogP contribution is 2.20. The van der Waals surface area contributed by atoms with E-state index in [0.29, 0.717) is 5.69 Å². The minimum absolute atomic E-state index is 0.250. The summed E-state index contributed by atoms with van der Waals surface area (Å²) in [4.78, 5) is 2.66. The first-order valence-electron chi connectivity index (χ1n) is 4.35. The van der Waals surface area contributed by atoms with E-state index >= 15 is 0 Å². The molecule has 1 aromatic rings. The molecule has 4 N–H and O–H groups in total. The van der Waals surface area contributed by atoms with Crippen LogP contribution in [-0.2, 0) is 6.54 Å². The van der Waals surface area contributed by atoms with E-state index in [1.165, 1.54) is 6.07 Å². The van der Waals surface area contributed by atoms with Gasteiger partial charge >= 0.3 is 7.12 Å². The molecule has 15 heavy (non-hydrogen) atoms. The molecule has 0 saturated heterocycles. The number of rotatable bonds is 3. The van der Waals surface area contributed by atoms with E-state index in [4.69, 9.17) is 21.3 Å². The van der Waals surface area contributed by atoms with E-state index in [1.54, 1.807) is 13.0 Å². The van der Waals surface area contributed by atoms with Crippen molar-refractivity contribution in [2.24, 2.45) is 10.8 Å². The van der Waals surface area contributed by atoms with E-state index in [1.807, 2.05) is 0 Å². The average molecular weight is 206 g/mol. The maximum absolute atomic E-state index is 9.01. The summed E-state index contributed by atoms with van der Waals surface area (Å²) in [5.41, 5.74) is 15.9. The van der Waals surface area contributed by atoms with Crippen LogP contribution in [0.15, 0.2) is 17.2 Å². The molecule has 0 bridgehead atoms. The molecule has 0 aliphatic rings. The van der Waals surface area contributed by atoms with Crippen molar-refractivity contribution in [2.45, 2.75) is 13.5 Å². The smallest absolute Gasteiger partial charge is 0.423 e. The molecule has 0 radical (unpaired) electrons. The Bertz CT molecular complexity index is 415. The lowest BCUT2D eigenvalue weighted by Crippen LogP contribution is -2.30. The van der Waals surface area contributed by atoms with Gasteiger partial charge < -0.3 is 15.8 Å². The van der Waals surface area contributed by atoms with Crippen LogP contribution in [0.5, 0.6) is 0 Å². The molecule has 0 atom stereocenters. The van der Waals surface area contributed by atoms with Gasteiger partial charge in [0.1, 0.15) is 0 Å². The van der Waals surface area contributed by atoms with Crippen molar-refractivity contribution < 1.29 is 10.0 Å². The van der Waals surface area contributed by atoms with Crippen LogP contribution in [0, 0.1) is 6.92 Å². The van der Waals surface area contributed by atoms with Gasteiger partial charge in [0.15, 0.2) is 0 Å². The second-order valence-corrected chi connectivity index (χ2v) is 3.09. The van der Waals surface area contributed by atoms with Gasteiger partial charge in [-0.25, -0.2) is 0 Å². The molecular formula is C8H11BN4O2. The van der Waals surface area contributed by atoms with Crippen molar-refractivity contribution in [3.8, 4) is 0 Å². The van der Waals surface area contributed by atoms with Crippen LogP contribution in [-0.4, -0.2) is 17.2 Å². The lowest BCUT2D eigenvalue weighted by molar-refractivity contribution is 0.425. The first-order valence-corrected chi connectivity index (χ1v) is 4.35. The molecule has 6 nitrogen and oxygen atoms in total. The Kier molecular flexibility index (Phi) is 3.71. The summed E-state index contributed by atoms with van der Waals surface area (Å²) in [5.74, 6) is 0. The Morgan fingerprint density at radius 3 is 2.67 bits per heavy atom. The molecule has 1 aromatic carbocycles. The molecule has 0 aromatic heterocycles. The Labute approximate surface area is 87.1 Å². The predicted octanol–water partition coefficient (Wildman–Crippen LogP) is 0.0753. The third-order valence-corrected chi connectivity index (χ3v) is 2.18. The maximum atomic E-state index is 9.01. The molecular weight excluding hydrogens is 195 g/mol. The van der Waals surface area contributed by atoms with Crippen LogP contribution in [0.2, 0.25) is 0 Å². The van der Waals surface area contributed by atoms with Gasteiger partial charge in [-0.1, -0.05) is 17.2 Å². The fraction of sp³-hybridized carbons (Fsp3) is 0.250. The number of hydrogen-bond acceptors (Lipinski definition) is 4. The van der Waals surface area contributed by atoms with Crippen LogP contribution in [0.25, 0.3) is 10.4 Å². The van der Waals surface area contributed by atoms with E-state index in [-0.39, 0.29) is 12.0 Å². The van der Waals surface area contributed by atoms with Gasteiger partial charge in [-0.15, -0.1) is 0 Å². The van der Waals surface area contributed by atoms with Crippen LogP contribution >= 0.6 is 0 Å². The lowest BCUT2D eigenvalue weighted by Gasteiger charge is -2.09. The van der Waals surface area contributed by atoms with Crippen molar-refractivity contribution in [3.05, 3.63) is 33.7 Å². The zero-order valence-electron chi connectivity index (χ0n) is 8.25. The zero-order chi connectivity index (χ0) is 11.4. The summed E-state index contributed by atoms with van der Waals surface area (Å²) in [6, 6.07) is 3.01. The molecule has 0 aliphatic carbocycles. The summed E-state index contributed by atoms with van der Waals surface area (Å²) < 4.78 is 0. The SMILES string of the molecule is Cc1c(CN)cc(B(O)O)cc1N=[N+]=[N-]. The molecule has 1 rings (SSSR count). The third kappa shape index (κ3) is 2.48. The molecule has 78 valence electrons. The van der Waals surface area contributed by atoms with Gasteiger partial charge in [0, 0.05) is 17.1 Å². The summed E-state index contributed by atoms with van der Waals surface area (Å²) in [6.07, 6.45) is 0. The molecule has 0 saturated carbocycles. The minimum atomic E-state index is -1.59. The molecule has 0 amide bonds. The molecule has 0 fully saturated rings. The largest absolute Gasteiger partial charge is 0.488 e. The summed E-state index contributed by atoms with van der Waals surface area (Å²) >= 11 is 0. The monoisotopic (exact) mass is 206 g/mol. The van der Waals surface area contributed by atoms with Crippen LogP contribution < -0.4 is 11.2 Å². The van der Waals surface area contributed by atoms with Gasteiger partial charge in [-0.3, -0.25) is 0 Å². The van der Waals surface area contributed by atoms with Crippen molar-refractivity contribution in [2.75, 3.05) is 0 Å². The van der Waals surface area contributed by atoms with Crippen molar-refractivity contribution in [1.29, 1.82) is 0 Å². The predicted molar refractivity (Wildman–Crippen MR) is 57.7 cm³/mol. The zero-order valence-corrected chi connectivity index (χ0v) is 8.25. The van der Waals surface area contributed by atoms with E-state index < -0.39 is 7.12 Å². The van der Waals surface area contributed by atoms with E-state index in [9.17, 15) is 0 Å². The van der Waals surface area contributed by atoms with Gasteiger partial charge in [-0.2, -0.15) is 0 Å². The summed E-state index contributed by atoms with van der Waals surface area (Å²) in [7, 11) is -1.59. The quantitative estimate of drug-likeness (QED) is 0.281. The molecule has 0 heterocycles. The van der Waals surface area contributed by atoms with Crippen LogP contribution in [0.1, 0.15) is 11.1 Å². The Balaban J connectivity index is 3.37. The highest BCUT2D eigenvalue weighted by atomic mass is 16.4. The van der Waals surface area contributed by atoms with Gasteiger partial charge in [0.25, 0.3) is 0 Å². The van der Waals surface area contributed by atoms with Crippen molar-refractivity contribution >= 4 is 18.3 Å². The summed E-state index contributed by atoms with van der Waals surface area (Å²) in [5, 5.41) is 21.5. The molecule has 7 heteroatoms. The highest BCUT2D eigenvalue weighted by molar-refractivity contribution is 6.58. The normalized spacial score (nSPS) is 9.60. The number of nitrogens with zero attached hydrogens (tertiary/aromatic N) is 3. The fourth-order valence-corrected chi connectivity index (χ4v) is 1.29. The number of hydrogen-bond donors (Lipinski definition) is 3. The standard InChI is InChI=1S/C8H11BN4O2/c1-5-6(4-10)2-7(9(14)15)3-8(5)12-13-11/h2-3,14-15H,4,10H2,1H3. The molecule has 0 spiro atoms. The topological polar surface area (TPSA) is 115 Å². The second kappa shape index (κ2) is 4.81. The second-order valence-electron chi connectivity index (χ2n) is 3.09. The lowest BCUT2D eigenvalue weighted by atomic mass is 9.78. The van der Waals surface area contributed by atoms with Crippen molar-refractivity contribution in [3.63, 3.8) is 0 Å². The Morgan fingerprint density at radius 1 is 1.53 bits per heavy atom. The number of nitrogens with two attached hydrogens (primary N) is 1. The highest BCUT2D eigenvalue weighted by Gasteiger charge is 2.14. The molecule has 0 unspecified atom stereocenters. The van der Waals surface area contributed by atoms with Crippen molar-refractivity contribution in [1.82, 2.24) is 0 Å². The molecule has 0 aliphatic heterocycles. The van der Waals surface area contributed by atoms with Crippen LogP contribution in [0.4, 0.5) is 5.69 Å². The maximum Gasteiger partial charge on any atom is 0.488 e. The van der Waals surface area contributed by atoms with Gasteiger partial charge in [-0.05, 0) is 29.0 Å². The first-order chi connectivity index (χ1) is 7.10. The number of azide groups is 1. The van der Waals surface area contributed by atoms with E-state index in [2.05, 4.69) is 10.0 Å².